The van der Waals surface area contributed by atoms with Gasteiger partial charge in [0.2, 0.25) is 5.91 Å². The molecular weight excluding hydrogens is 507 g/mol. The van der Waals surface area contributed by atoms with Crippen LogP contribution in [-0.4, -0.2) is 35.1 Å². The summed E-state index contributed by atoms with van der Waals surface area (Å²) >= 11 is 0.768. The molecule has 0 aliphatic carbocycles. The van der Waals surface area contributed by atoms with Crippen LogP contribution < -0.4 is 14.8 Å². The lowest BCUT2D eigenvalue weighted by atomic mass is 10.1. The summed E-state index contributed by atoms with van der Waals surface area (Å²) in [7, 11) is 0. The number of aryl methyl sites for hydroxylation is 1. The largest absolute Gasteiger partial charge is 0.490 e. The summed E-state index contributed by atoms with van der Waals surface area (Å²) in [5.74, 6) is -0.528. The Balaban J connectivity index is 1.46. The van der Waals surface area contributed by atoms with Crippen molar-refractivity contribution in [3.05, 3.63) is 93.6 Å². The monoisotopic (exact) mass is 534 g/mol. The number of thioether (sulfide) groups is 1. The van der Waals surface area contributed by atoms with E-state index in [2.05, 4.69) is 5.32 Å². The third-order valence-electron chi connectivity index (χ3n) is 5.96. The Morgan fingerprint density at radius 3 is 2.58 bits per heavy atom. The highest BCUT2D eigenvalue weighted by atomic mass is 32.2. The lowest BCUT2D eigenvalue weighted by molar-refractivity contribution is -0.127. The molecule has 0 atom stereocenters. The van der Waals surface area contributed by atoms with E-state index < -0.39 is 17.1 Å². The predicted octanol–water partition coefficient (Wildman–Crippen LogP) is 6.10. The van der Waals surface area contributed by atoms with Gasteiger partial charge in [0.15, 0.2) is 11.5 Å². The Labute approximate surface area is 224 Å². The zero-order chi connectivity index (χ0) is 27.2. The minimum absolute atomic E-state index is 0.0229. The fourth-order valence-corrected chi connectivity index (χ4v) is 4.62. The van der Waals surface area contributed by atoms with Gasteiger partial charge in [-0.2, -0.15) is 0 Å². The molecule has 0 spiro atoms. The summed E-state index contributed by atoms with van der Waals surface area (Å²) in [5, 5.41) is 2.25. The van der Waals surface area contributed by atoms with E-state index in [4.69, 9.17) is 9.47 Å². The number of rotatable bonds is 9. The van der Waals surface area contributed by atoms with E-state index in [9.17, 15) is 18.8 Å². The molecule has 1 aliphatic rings. The second-order valence-corrected chi connectivity index (χ2v) is 9.58. The smallest absolute Gasteiger partial charge is 0.294 e. The third kappa shape index (κ3) is 6.23. The second kappa shape index (κ2) is 12.0. The van der Waals surface area contributed by atoms with Crippen LogP contribution in [0.25, 0.3) is 6.08 Å². The maximum Gasteiger partial charge on any atom is 0.294 e. The molecular formula is C29H27FN2O5S. The number of carbonyl (C=O) groups excluding carboxylic acids is 3. The number of carbonyl (C=O) groups is 3. The van der Waals surface area contributed by atoms with E-state index in [1.54, 1.807) is 48.5 Å². The third-order valence-corrected chi connectivity index (χ3v) is 6.87. The molecule has 0 radical (unpaired) electrons. The number of hydrogen-bond donors (Lipinski definition) is 1. The molecule has 1 saturated heterocycles. The van der Waals surface area contributed by atoms with Crippen LogP contribution in [0.2, 0.25) is 0 Å². The van der Waals surface area contributed by atoms with Gasteiger partial charge in [-0.05, 0) is 79.6 Å². The average molecular weight is 535 g/mol. The molecule has 196 valence electrons. The van der Waals surface area contributed by atoms with E-state index in [1.165, 1.54) is 6.07 Å². The minimum Gasteiger partial charge on any atom is -0.490 e. The van der Waals surface area contributed by atoms with Crippen LogP contribution >= 0.6 is 11.8 Å². The average Bonchev–Trinajstić information content (AvgIpc) is 3.14. The number of nitrogens with zero attached hydrogens (tertiary/aromatic N) is 1. The van der Waals surface area contributed by atoms with Gasteiger partial charge in [-0.3, -0.25) is 19.3 Å². The molecule has 38 heavy (non-hydrogen) atoms. The van der Waals surface area contributed by atoms with Crippen molar-refractivity contribution in [3.63, 3.8) is 0 Å². The van der Waals surface area contributed by atoms with Crippen molar-refractivity contribution in [1.29, 1.82) is 0 Å². The fraction of sp³-hybridized carbons (Fsp3) is 0.207. The van der Waals surface area contributed by atoms with Gasteiger partial charge in [0.05, 0.1) is 11.5 Å². The van der Waals surface area contributed by atoms with Gasteiger partial charge in [-0.1, -0.05) is 36.4 Å². The van der Waals surface area contributed by atoms with Crippen LogP contribution in [0.15, 0.2) is 65.6 Å². The molecule has 3 aromatic rings. The molecule has 3 aromatic carbocycles. The molecule has 0 saturated carbocycles. The van der Waals surface area contributed by atoms with E-state index in [0.717, 1.165) is 27.8 Å². The zero-order valence-electron chi connectivity index (χ0n) is 21.2. The summed E-state index contributed by atoms with van der Waals surface area (Å²) in [5.41, 5.74) is 3.60. The van der Waals surface area contributed by atoms with E-state index >= 15 is 0 Å². The maximum atomic E-state index is 13.9. The zero-order valence-corrected chi connectivity index (χ0v) is 22.1. The van der Waals surface area contributed by atoms with Crippen LogP contribution in [0.4, 0.5) is 14.9 Å². The highest BCUT2D eigenvalue weighted by Crippen LogP contribution is 2.35. The number of nitrogens with one attached hydrogen (secondary N) is 1. The SMILES string of the molecule is CCOc1cc(/C=C2/SC(=O)N(CC(=O)Nc3cccc(C)c3C)C2=O)ccc1OCc1ccccc1F. The molecule has 9 heteroatoms. The molecule has 0 aromatic heterocycles. The number of amides is 3. The highest BCUT2D eigenvalue weighted by molar-refractivity contribution is 8.18. The molecule has 1 aliphatic heterocycles. The Morgan fingerprint density at radius 1 is 1.03 bits per heavy atom. The standard InChI is InChI=1S/C29H27FN2O5S/c1-4-36-25-14-20(12-13-24(25)37-17-21-9-5-6-10-22(21)30)15-26-28(34)32(29(35)38-26)16-27(33)31-23-11-7-8-18(2)19(23)3/h5-15H,4,16-17H2,1-3H3,(H,31,33)/b26-15+. The quantitative estimate of drug-likeness (QED) is 0.334. The minimum atomic E-state index is -0.547. The summed E-state index contributed by atoms with van der Waals surface area (Å²) in [6, 6.07) is 16.9. The first-order valence-corrected chi connectivity index (χ1v) is 12.8. The Kier molecular flexibility index (Phi) is 8.48. The maximum absolute atomic E-state index is 13.9. The van der Waals surface area contributed by atoms with Gasteiger partial charge < -0.3 is 14.8 Å². The summed E-state index contributed by atoms with van der Waals surface area (Å²) in [6.07, 6.45) is 1.57. The lowest BCUT2D eigenvalue weighted by Crippen LogP contribution is -2.36. The van der Waals surface area contributed by atoms with E-state index in [1.807, 2.05) is 32.9 Å². The van der Waals surface area contributed by atoms with Crippen molar-refractivity contribution < 1.29 is 28.2 Å². The summed E-state index contributed by atoms with van der Waals surface area (Å²) < 4.78 is 25.4. The van der Waals surface area contributed by atoms with Crippen molar-refractivity contribution in [3.8, 4) is 11.5 Å². The molecule has 4 rings (SSSR count). The number of halogens is 1. The van der Waals surface area contributed by atoms with Crippen LogP contribution in [0.5, 0.6) is 11.5 Å². The fourth-order valence-electron chi connectivity index (χ4n) is 3.78. The molecule has 0 bridgehead atoms. The predicted molar refractivity (Wildman–Crippen MR) is 146 cm³/mol. The Bertz CT molecular complexity index is 1420. The Morgan fingerprint density at radius 2 is 1.82 bits per heavy atom. The summed E-state index contributed by atoms with van der Waals surface area (Å²) in [4.78, 5) is 39.2. The van der Waals surface area contributed by atoms with Gasteiger partial charge in [0.1, 0.15) is 19.0 Å². The van der Waals surface area contributed by atoms with Crippen molar-refractivity contribution in [2.45, 2.75) is 27.4 Å². The van der Waals surface area contributed by atoms with Gasteiger partial charge in [0.25, 0.3) is 11.1 Å². The van der Waals surface area contributed by atoms with Gasteiger partial charge in [0, 0.05) is 11.3 Å². The molecule has 1 N–H and O–H groups in total. The van der Waals surface area contributed by atoms with Gasteiger partial charge >= 0.3 is 0 Å². The molecule has 0 unspecified atom stereocenters. The van der Waals surface area contributed by atoms with Crippen LogP contribution in [0, 0.1) is 19.7 Å². The topological polar surface area (TPSA) is 84.9 Å². The molecule has 1 fully saturated rings. The van der Waals surface area contributed by atoms with Crippen molar-refractivity contribution in [1.82, 2.24) is 4.90 Å². The summed E-state index contributed by atoms with van der Waals surface area (Å²) in [6.45, 7) is 5.65. The van der Waals surface area contributed by atoms with Gasteiger partial charge in [-0.25, -0.2) is 4.39 Å². The van der Waals surface area contributed by atoms with Gasteiger partial charge in [-0.15, -0.1) is 0 Å². The van der Waals surface area contributed by atoms with E-state index in [0.29, 0.717) is 34.9 Å². The Hall–Kier alpha value is -4.11. The van der Waals surface area contributed by atoms with Crippen molar-refractivity contribution >= 4 is 40.6 Å². The molecule has 7 nitrogen and oxygen atoms in total. The van der Waals surface area contributed by atoms with Crippen LogP contribution in [0.3, 0.4) is 0 Å². The first kappa shape index (κ1) is 26.9. The van der Waals surface area contributed by atoms with Crippen LogP contribution in [0.1, 0.15) is 29.2 Å². The normalized spacial score (nSPS) is 14.2. The van der Waals surface area contributed by atoms with Crippen molar-refractivity contribution in [2.75, 3.05) is 18.5 Å². The molecule has 3 amide bonds. The van der Waals surface area contributed by atoms with Crippen molar-refractivity contribution in [2.24, 2.45) is 0 Å². The number of imide groups is 1. The highest BCUT2D eigenvalue weighted by Gasteiger charge is 2.36. The van der Waals surface area contributed by atoms with Crippen LogP contribution in [-0.2, 0) is 16.2 Å². The van der Waals surface area contributed by atoms with E-state index in [-0.39, 0.29) is 23.9 Å². The number of anilines is 1. The number of hydrogen-bond acceptors (Lipinski definition) is 6. The first-order valence-electron chi connectivity index (χ1n) is 12.0. The second-order valence-electron chi connectivity index (χ2n) is 8.58. The lowest BCUT2D eigenvalue weighted by Gasteiger charge is -2.14. The number of benzene rings is 3. The number of ether oxygens (including phenoxy) is 2. The first-order chi connectivity index (χ1) is 18.3. The molecule has 1 heterocycles.